The highest BCUT2D eigenvalue weighted by Gasteiger charge is 2.08. The molecule has 0 bridgehead atoms. The highest BCUT2D eigenvalue weighted by molar-refractivity contribution is 5.89. The quantitative estimate of drug-likeness (QED) is 0.331. The zero-order valence-corrected chi connectivity index (χ0v) is 13.4. The number of nitrogen functional groups attached to an aromatic ring is 2. The molecule has 26 heavy (non-hydrogen) atoms. The van der Waals surface area contributed by atoms with Gasteiger partial charge in [0.1, 0.15) is 0 Å². The number of nitrogens with two attached hydrogens (primary N) is 2. The monoisotopic (exact) mass is 353 g/mol. The van der Waals surface area contributed by atoms with Crippen molar-refractivity contribution in [3.8, 4) is 0 Å². The zero-order chi connectivity index (χ0) is 18.7. The second-order valence-electron chi connectivity index (χ2n) is 5.31. The van der Waals surface area contributed by atoms with Crippen molar-refractivity contribution in [3.05, 3.63) is 47.5 Å². The molecule has 0 saturated heterocycles. The molecule has 10 nitrogen and oxygen atoms in total. The summed E-state index contributed by atoms with van der Waals surface area (Å²) in [7, 11) is 0. The van der Waals surface area contributed by atoms with Gasteiger partial charge in [0, 0.05) is 5.69 Å². The van der Waals surface area contributed by atoms with Gasteiger partial charge in [-0.1, -0.05) is 12.1 Å². The molecule has 0 aliphatic heterocycles. The molecule has 2 heterocycles. The van der Waals surface area contributed by atoms with Crippen molar-refractivity contribution >= 4 is 40.7 Å². The summed E-state index contributed by atoms with van der Waals surface area (Å²) in [5, 5.41) is 21.0. The number of aliphatic carboxylic acids is 1. The van der Waals surface area contributed by atoms with Crippen LogP contribution in [0.15, 0.2) is 36.2 Å². The summed E-state index contributed by atoms with van der Waals surface area (Å²) in [4.78, 5) is 27.0. The Balaban J connectivity index is 1.72. The van der Waals surface area contributed by atoms with Gasteiger partial charge in [-0.05, 0) is 23.8 Å². The SMILES string of the molecule is Nc1nc(N)c2nc(CNc3ccc(/C=C(\O)C(=O)O)cc3)cnc2n1. The van der Waals surface area contributed by atoms with Crippen LogP contribution in [0.3, 0.4) is 0 Å². The molecule has 10 heteroatoms. The number of carbonyl (C=O) groups is 1. The number of nitrogens with zero attached hydrogens (tertiary/aromatic N) is 4. The predicted molar refractivity (Wildman–Crippen MR) is 96.0 cm³/mol. The van der Waals surface area contributed by atoms with Gasteiger partial charge in [0.2, 0.25) is 11.7 Å². The number of benzene rings is 1. The van der Waals surface area contributed by atoms with E-state index in [2.05, 4.69) is 25.3 Å². The molecule has 0 aliphatic carbocycles. The smallest absolute Gasteiger partial charge is 0.370 e. The molecule has 0 spiro atoms. The fourth-order valence-corrected chi connectivity index (χ4v) is 2.18. The topological polar surface area (TPSA) is 173 Å². The predicted octanol–water partition coefficient (Wildman–Crippen LogP) is 1.18. The van der Waals surface area contributed by atoms with E-state index in [0.29, 0.717) is 29.0 Å². The summed E-state index contributed by atoms with van der Waals surface area (Å²) in [6.45, 7) is 0.377. The molecule has 3 rings (SSSR count). The lowest BCUT2D eigenvalue weighted by molar-refractivity contribution is -0.135. The summed E-state index contributed by atoms with van der Waals surface area (Å²) in [5.74, 6) is -1.90. The maximum atomic E-state index is 10.6. The molecule has 0 unspecified atom stereocenters. The van der Waals surface area contributed by atoms with E-state index >= 15 is 0 Å². The van der Waals surface area contributed by atoms with Gasteiger partial charge >= 0.3 is 5.97 Å². The van der Waals surface area contributed by atoms with Crippen LogP contribution in [0.2, 0.25) is 0 Å². The molecule has 0 saturated carbocycles. The first-order valence-corrected chi connectivity index (χ1v) is 7.45. The Hall–Kier alpha value is -3.95. The summed E-state index contributed by atoms with van der Waals surface area (Å²) in [6, 6.07) is 6.82. The van der Waals surface area contributed by atoms with Crippen LogP contribution < -0.4 is 16.8 Å². The maximum Gasteiger partial charge on any atom is 0.370 e. The normalized spacial score (nSPS) is 11.5. The number of carboxylic acids is 1. The number of aliphatic hydroxyl groups is 1. The minimum Gasteiger partial charge on any atom is -0.502 e. The van der Waals surface area contributed by atoms with E-state index in [1.807, 2.05) is 0 Å². The Morgan fingerprint density at radius 2 is 1.85 bits per heavy atom. The van der Waals surface area contributed by atoms with Crippen LogP contribution in [0, 0.1) is 0 Å². The molecule has 3 aromatic rings. The number of fused-ring (bicyclic) bond motifs is 1. The van der Waals surface area contributed by atoms with E-state index in [9.17, 15) is 9.90 Å². The van der Waals surface area contributed by atoms with Crippen molar-refractivity contribution in [2.24, 2.45) is 0 Å². The molecule has 1 aromatic carbocycles. The second-order valence-corrected chi connectivity index (χ2v) is 5.31. The van der Waals surface area contributed by atoms with Gasteiger partial charge < -0.3 is 27.0 Å². The van der Waals surface area contributed by atoms with Crippen molar-refractivity contribution in [1.29, 1.82) is 0 Å². The molecule has 7 N–H and O–H groups in total. The van der Waals surface area contributed by atoms with E-state index in [0.717, 1.165) is 11.8 Å². The van der Waals surface area contributed by atoms with Gasteiger partial charge in [0.25, 0.3) is 0 Å². The van der Waals surface area contributed by atoms with Crippen LogP contribution in [-0.2, 0) is 11.3 Å². The number of aliphatic hydroxyl groups excluding tert-OH is 1. The molecule has 0 fully saturated rings. The Bertz CT molecular complexity index is 1000. The molecule has 0 atom stereocenters. The third-order valence-corrected chi connectivity index (χ3v) is 3.41. The number of carboxylic acid groups (broad SMARTS) is 1. The third-order valence-electron chi connectivity index (χ3n) is 3.41. The minimum atomic E-state index is -1.38. The van der Waals surface area contributed by atoms with Gasteiger partial charge in [0.15, 0.2) is 17.0 Å². The van der Waals surface area contributed by atoms with Crippen LogP contribution >= 0.6 is 0 Å². The van der Waals surface area contributed by atoms with Crippen LogP contribution in [0.5, 0.6) is 0 Å². The molecular formula is C16H15N7O3. The lowest BCUT2D eigenvalue weighted by Gasteiger charge is -2.07. The molecule has 0 aliphatic rings. The first-order valence-electron chi connectivity index (χ1n) is 7.45. The highest BCUT2D eigenvalue weighted by Crippen LogP contribution is 2.16. The lowest BCUT2D eigenvalue weighted by Crippen LogP contribution is -2.07. The van der Waals surface area contributed by atoms with E-state index < -0.39 is 11.7 Å². The Labute approximate surface area is 147 Å². The molecular weight excluding hydrogens is 338 g/mol. The minimum absolute atomic E-state index is 0.0400. The van der Waals surface area contributed by atoms with Gasteiger partial charge in [-0.25, -0.2) is 14.8 Å². The van der Waals surface area contributed by atoms with Gasteiger partial charge in [-0.15, -0.1) is 0 Å². The maximum absolute atomic E-state index is 10.6. The summed E-state index contributed by atoms with van der Waals surface area (Å²) in [6.07, 6.45) is 2.72. The van der Waals surface area contributed by atoms with Gasteiger partial charge in [-0.2, -0.15) is 9.97 Å². The summed E-state index contributed by atoms with van der Waals surface area (Å²) >= 11 is 0. The van der Waals surface area contributed by atoms with Crippen LogP contribution in [-0.4, -0.2) is 36.1 Å². The van der Waals surface area contributed by atoms with Crippen molar-refractivity contribution < 1.29 is 15.0 Å². The summed E-state index contributed by atoms with van der Waals surface area (Å²) in [5.41, 5.74) is 14.0. The number of rotatable bonds is 5. The largest absolute Gasteiger partial charge is 0.502 e. The van der Waals surface area contributed by atoms with Crippen molar-refractivity contribution in [1.82, 2.24) is 19.9 Å². The average Bonchev–Trinajstić information content (AvgIpc) is 2.61. The lowest BCUT2D eigenvalue weighted by atomic mass is 10.2. The van der Waals surface area contributed by atoms with Crippen molar-refractivity contribution in [2.45, 2.75) is 6.54 Å². The van der Waals surface area contributed by atoms with Crippen LogP contribution in [0.1, 0.15) is 11.3 Å². The zero-order valence-electron chi connectivity index (χ0n) is 13.4. The Morgan fingerprint density at radius 3 is 2.54 bits per heavy atom. The molecule has 0 radical (unpaired) electrons. The number of nitrogens with one attached hydrogen (secondary N) is 1. The number of hydrogen-bond acceptors (Lipinski definition) is 9. The van der Waals surface area contributed by atoms with E-state index in [1.54, 1.807) is 30.5 Å². The first kappa shape index (κ1) is 16.9. The van der Waals surface area contributed by atoms with E-state index in [4.69, 9.17) is 16.6 Å². The van der Waals surface area contributed by atoms with Gasteiger partial charge in [-0.3, -0.25) is 0 Å². The third kappa shape index (κ3) is 3.75. The molecule has 132 valence electrons. The van der Waals surface area contributed by atoms with Gasteiger partial charge in [0.05, 0.1) is 18.4 Å². The Kier molecular flexibility index (Phi) is 4.48. The standard InChI is InChI=1S/C16H15N7O3/c17-13-12-14(23-16(18)22-13)20-7-10(21-12)6-19-9-3-1-8(2-4-9)5-11(24)15(25)26/h1-5,7,19,24H,6H2,(H,25,26)(H4,17,18,20,22,23)/b11-5-. The number of aromatic nitrogens is 4. The molecule has 0 amide bonds. The fourth-order valence-electron chi connectivity index (χ4n) is 2.18. The number of hydrogen-bond donors (Lipinski definition) is 5. The van der Waals surface area contributed by atoms with E-state index in [1.165, 1.54) is 0 Å². The Morgan fingerprint density at radius 1 is 1.12 bits per heavy atom. The summed E-state index contributed by atoms with van der Waals surface area (Å²) < 4.78 is 0. The first-order chi connectivity index (χ1) is 12.4. The fraction of sp³-hybridized carbons (Fsp3) is 0.0625. The average molecular weight is 353 g/mol. The number of anilines is 3. The second kappa shape index (κ2) is 6.89. The van der Waals surface area contributed by atoms with Crippen LogP contribution in [0.4, 0.5) is 17.5 Å². The highest BCUT2D eigenvalue weighted by atomic mass is 16.4. The molecule has 2 aromatic heterocycles. The van der Waals surface area contributed by atoms with Crippen molar-refractivity contribution in [3.63, 3.8) is 0 Å². The van der Waals surface area contributed by atoms with Crippen molar-refractivity contribution in [2.75, 3.05) is 16.8 Å². The van der Waals surface area contributed by atoms with E-state index in [-0.39, 0.29) is 11.8 Å². The van der Waals surface area contributed by atoms with Crippen LogP contribution in [0.25, 0.3) is 17.2 Å².